The summed E-state index contributed by atoms with van der Waals surface area (Å²) in [6, 6.07) is 18.9. The van der Waals surface area contributed by atoms with Crippen molar-refractivity contribution in [3.63, 3.8) is 0 Å². The van der Waals surface area contributed by atoms with Crippen LogP contribution >= 0.6 is 0 Å². The first-order chi connectivity index (χ1) is 14.0. The molecule has 3 aromatic carbocycles. The number of amides is 2. The van der Waals surface area contributed by atoms with Gasteiger partial charge in [-0.2, -0.15) is 0 Å². The Labute approximate surface area is 167 Å². The van der Waals surface area contributed by atoms with E-state index < -0.39 is 0 Å². The predicted molar refractivity (Wildman–Crippen MR) is 108 cm³/mol. The summed E-state index contributed by atoms with van der Waals surface area (Å²) < 4.78 is 23.6. The van der Waals surface area contributed by atoms with Gasteiger partial charge in [-0.3, -0.25) is 9.59 Å². The SMILES string of the molecule is COc1ccccc1NC(=O)COc1ccc(C(=O)Nc2ccc(F)cc2)cc1. The standard InChI is InChI=1S/C22H19FN2O4/c1-28-20-5-3-2-4-19(20)25-21(26)14-29-18-12-6-15(7-13-18)22(27)24-17-10-8-16(23)9-11-17/h2-13H,14H2,1H3,(H,24,27)(H,25,26). The van der Waals surface area contributed by atoms with Crippen LogP contribution in [0.5, 0.6) is 11.5 Å². The highest BCUT2D eigenvalue weighted by atomic mass is 19.1. The van der Waals surface area contributed by atoms with Gasteiger partial charge < -0.3 is 20.1 Å². The number of benzene rings is 3. The molecule has 6 nitrogen and oxygen atoms in total. The molecule has 0 heterocycles. The Morgan fingerprint density at radius 2 is 1.59 bits per heavy atom. The number of carbonyl (C=O) groups is 2. The van der Waals surface area contributed by atoms with Gasteiger partial charge in [0.1, 0.15) is 17.3 Å². The lowest BCUT2D eigenvalue weighted by atomic mass is 10.2. The first kappa shape index (κ1) is 19.9. The van der Waals surface area contributed by atoms with E-state index in [4.69, 9.17) is 9.47 Å². The monoisotopic (exact) mass is 394 g/mol. The number of para-hydroxylation sites is 2. The molecule has 2 amide bonds. The quantitative estimate of drug-likeness (QED) is 0.632. The summed E-state index contributed by atoms with van der Waals surface area (Å²) in [7, 11) is 1.52. The lowest BCUT2D eigenvalue weighted by Crippen LogP contribution is -2.20. The predicted octanol–water partition coefficient (Wildman–Crippen LogP) is 4.10. The third kappa shape index (κ3) is 5.55. The van der Waals surface area contributed by atoms with Crippen LogP contribution in [0.25, 0.3) is 0 Å². The van der Waals surface area contributed by atoms with E-state index in [1.807, 2.05) is 0 Å². The third-order valence-corrected chi connectivity index (χ3v) is 3.97. The number of carbonyl (C=O) groups excluding carboxylic acids is 2. The van der Waals surface area contributed by atoms with Gasteiger partial charge in [0, 0.05) is 11.3 Å². The molecule has 0 aliphatic carbocycles. The van der Waals surface area contributed by atoms with E-state index in [0.29, 0.717) is 28.4 Å². The van der Waals surface area contributed by atoms with Crippen LogP contribution in [0.1, 0.15) is 10.4 Å². The lowest BCUT2D eigenvalue weighted by molar-refractivity contribution is -0.118. The van der Waals surface area contributed by atoms with E-state index in [1.54, 1.807) is 48.5 Å². The smallest absolute Gasteiger partial charge is 0.262 e. The van der Waals surface area contributed by atoms with Gasteiger partial charge >= 0.3 is 0 Å². The van der Waals surface area contributed by atoms with Crippen LogP contribution < -0.4 is 20.1 Å². The molecule has 0 spiro atoms. The van der Waals surface area contributed by atoms with Crippen molar-refractivity contribution in [1.29, 1.82) is 0 Å². The Kier molecular flexibility index (Phi) is 6.42. The average molecular weight is 394 g/mol. The number of hydrogen-bond acceptors (Lipinski definition) is 4. The molecular weight excluding hydrogens is 375 g/mol. The van der Waals surface area contributed by atoms with E-state index in [1.165, 1.54) is 31.4 Å². The zero-order valence-corrected chi connectivity index (χ0v) is 15.6. The van der Waals surface area contributed by atoms with Crippen molar-refractivity contribution in [2.45, 2.75) is 0 Å². The van der Waals surface area contributed by atoms with Gasteiger partial charge in [-0.05, 0) is 60.7 Å². The summed E-state index contributed by atoms with van der Waals surface area (Å²) in [5.41, 5.74) is 1.45. The van der Waals surface area contributed by atoms with Crippen molar-refractivity contribution < 1.29 is 23.5 Å². The Bertz CT molecular complexity index is 988. The first-order valence-electron chi connectivity index (χ1n) is 8.78. The summed E-state index contributed by atoms with van der Waals surface area (Å²) in [6.45, 7) is -0.195. The number of hydrogen-bond donors (Lipinski definition) is 2. The average Bonchev–Trinajstić information content (AvgIpc) is 2.74. The van der Waals surface area contributed by atoms with E-state index in [9.17, 15) is 14.0 Å². The second-order valence-electron chi connectivity index (χ2n) is 6.02. The summed E-state index contributed by atoms with van der Waals surface area (Å²) in [5.74, 6) is -0.0557. The van der Waals surface area contributed by atoms with Crippen LogP contribution in [0.3, 0.4) is 0 Å². The van der Waals surface area contributed by atoms with Crippen LogP contribution in [-0.2, 0) is 4.79 Å². The third-order valence-electron chi connectivity index (χ3n) is 3.97. The molecule has 148 valence electrons. The molecule has 3 rings (SSSR count). The molecule has 0 aliphatic heterocycles. The molecule has 3 aromatic rings. The van der Waals surface area contributed by atoms with E-state index in [-0.39, 0.29) is 24.2 Å². The van der Waals surface area contributed by atoms with Crippen LogP contribution in [0.2, 0.25) is 0 Å². The fourth-order valence-corrected chi connectivity index (χ4v) is 2.52. The van der Waals surface area contributed by atoms with Crippen molar-refractivity contribution in [3.05, 3.63) is 84.2 Å². The highest BCUT2D eigenvalue weighted by Gasteiger charge is 2.09. The normalized spacial score (nSPS) is 10.1. The molecule has 0 unspecified atom stereocenters. The number of ether oxygens (including phenoxy) is 2. The van der Waals surface area contributed by atoms with Gasteiger partial charge in [0.2, 0.25) is 0 Å². The maximum Gasteiger partial charge on any atom is 0.262 e. The minimum atomic E-state index is -0.376. The van der Waals surface area contributed by atoms with E-state index in [2.05, 4.69) is 10.6 Å². The molecule has 0 atom stereocenters. The molecule has 0 fully saturated rings. The number of nitrogens with one attached hydrogen (secondary N) is 2. The van der Waals surface area contributed by atoms with Gasteiger partial charge in [0.15, 0.2) is 6.61 Å². The van der Waals surface area contributed by atoms with E-state index >= 15 is 0 Å². The Morgan fingerprint density at radius 1 is 0.897 bits per heavy atom. The number of rotatable bonds is 7. The molecule has 0 aliphatic rings. The summed E-state index contributed by atoms with van der Waals surface area (Å²) in [6.07, 6.45) is 0. The molecule has 0 saturated carbocycles. The van der Waals surface area contributed by atoms with Gasteiger partial charge in [-0.25, -0.2) is 4.39 Å². The Hall–Kier alpha value is -3.87. The zero-order chi connectivity index (χ0) is 20.6. The van der Waals surface area contributed by atoms with E-state index in [0.717, 1.165) is 0 Å². The molecule has 0 saturated heterocycles. The molecule has 0 aromatic heterocycles. The number of methoxy groups -OCH3 is 1. The van der Waals surface area contributed by atoms with Gasteiger partial charge in [0.05, 0.1) is 12.8 Å². The van der Waals surface area contributed by atoms with Crippen molar-refractivity contribution in [2.24, 2.45) is 0 Å². The first-order valence-corrected chi connectivity index (χ1v) is 8.78. The molecule has 29 heavy (non-hydrogen) atoms. The summed E-state index contributed by atoms with van der Waals surface area (Å²) in [5, 5.41) is 5.38. The highest BCUT2D eigenvalue weighted by molar-refractivity contribution is 6.04. The molecular formula is C22H19FN2O4. The Balaban J connectivity index is 1.52. The minimum absolute atomic E-state index is 0.195. The van der Waals surface area contributed by atoms with Crippen molar-refractivity contribution in [3.8, 4) is 11.5 Å². The Morgan fingerprint density at radius 3 is 2.28 bits per heavy atom. The van der Waals surface area contributed by atoms with Crippen molar-refractivity contribution in [2.75, 3.05) is 24.4 Å². The fraction of sp³-hybridized carbons (Fsp3) is 0.0909. The maximum atomic E-state index is 12.9. The fourth-order valence-electron chi connectivity index (χ4n) is 2.52. The van der Waals surface area contributed by atoms with Crippen molar-refractivity contribution >= 4 is 23.2 Å². The van der Waals surface area contributed by atoms with Gasteiger partial charge in [-0.15, -0.1) is 0 Å². The van der Waals surface area contributed by atoms with Gasteiger partial charge in [0.25, 0.3) is 11.8 Å². The van der Waals surface area contributed by atoms with Crippen molar-refractivity contribution in [1.82, 2.24) is 0 Å². The molecule has 0 bridgehead atoms. The van der Waals surface area contributed by atoms with Crippen LogP contribution in [0.15, 0.2) is 72.8 Å². The second kappa shape index (κ2) is 9.36. The molecule has 0 radical (unpaired) electrons. The zero-order valence-electron chi connectivity index (χ0n) is 15.6. The summed E-state index contributed by atoms with van der Waals surface area (Å²) in [4.78, 5) is 24.3. The summed E-state index contributed by atoms with van der Waals surface area (Å²) >= 11 is 0. The topological polar surface area (TPSA) is 76.7 Å². The lowest BCUT2D eigenvalue weighted by Gasteiger charge is -2.11. The molecule has 2 N–H and O–H groups in total. The molecule has 7 heteroatoms. The highest BCUT2D eigenvalue weighted by Crippen LogP contribution is 2.23. The van der Waals surface area contributed by atoms with Crippen LogP contribution in [0, 0.1) is 5.82 Å². The maximum absolute atomic E-state index is 12.9. The largest absolute Gasteiger partial charge is 0.495 e. The van der Waals surface area contributed by atoms with Crippen LogP contribution in [0.4, 0.5) is 15.8 Å². The number of anilines is 2. The second-order valence-corrected chi connectivity index (χ2v) is 6.02. The van der Waals surface area contributed by atoms with Crippen LogP contribution in [-0.4, -0.2) is 25.5 Å². The van der Waals surface area contributed by atoms with Gasteiger partial charge in [-0.1, -0.05) is 12.1 Å². The minimum Gasteiger partial charge on any atom is -0.495 e. The number of halogens is 1.